The molecule has 1 atom stereocenters. The Morgan fingerprint density at radius 2 is 1.86 bits per heavy atom. The van der Waals surface area contributed by atoms with E-state index >= 15 is 0 Å². The van der Waals surface area contributed by atoms with Crippen molar-refractivity contribution in [1.29, 1.82) is 0 Å². The smallest absolute Gasteiger partial charge is 0.288 e. The summed E-state index contributed by atoms with van der Waals surface area (Å²) in [6.07, 6.45) is 0.918. The number of benzene rings is 2. The molecule has 0 saturated heterocycles. The van der Waals surface area contributed by atoms with Gasteiger partial charge in [-0.25, -0.2) is 9.49 Å². The molecule has 5 rings (SSSR count). The molecule has 0 aliphatic carbocycles. The van der Waals surface area contributed by atoms with Crippen LogP contribution in [0.25, 0.3) is 11.3 Å². The predicted molar refractivity (Wildman–Crippen MR) is 104 cm³/mol. The number of aromatic amines is 1. The van der Waals surface area contributed by atoms with Gasteiger partial charge in [0, 0.05) is 11.1 Å². The van der Waals surface area contributed by atoms with Crippen molar-refractivity contribution in [3.63, 3.8) is 0 Å². The molecule has 8 nitrogen and oxygen atoms in total. The number of tetrazole rings is 1. The first-order valence-corrected chi connectivity index (χ1v) is 9.18. The average molecular weight is 389 g/mol. The second-order valence-electron chi connectivity index (χ2n) is 6.77. The zero-order chi connectivity index (χ0) is 20.0. The third-order valence-electron chi connectivity index (χ3n) is 5.09. The van der Waals surface area contributed by atoms with Crippen LogP contribution in [0.2, 0.25) is 0 Å². The van der Waals surface area contributed by atoms with E-state index in [-0.39, 0.29) is 11.4 Å². The number of aromatic nitrogens is 6. The average Bonchev–Trinajstić information content (AvgIpc) is 3.22. The van der Waals surface area contributed by atoms with Crippen LogP contribution in [0.15, 0.2) is 53.3 Å². The number of hydrogen-bond acceptors (Lipinski definition) is 6. The second-order valence-corrected chi connectivity index (χ2v) is 6.77. The van der Waals surface area contributed by atoms with Gasteiger partial charge >= 0.3 is 0 Å². The van der Waals surface area contributed by atoms with E-state index in [4.69, 9.17) is 0 Å². The lowest BCUT2D eigenvalue weighted by molar-refractivity contribution is 0.567. The molecule has 3 heterocycles. The fraction of sp³-hybridized carbons (Fsp3) is 0.150. The molecule has 1 aliphatic heterocycles. The van der Waals surface area contributed by atoms with E-state index in [1.807, 2.05) is 24.3 Å². The minimum absolute atomic E-state index is 0.325. The Balaban J connectivity index is 1.78. The largest absolute Gasteiger partial charge is 0.318 e. The Kier molecular flexibility index (Phi) is 3.94. The van der Waals surface area contributed by atoms with E-state index in [0.717, 1.165) is 12.0 Å². The number of fused-ring (bicyclic) bond motifs is 2. The van der Waals surface area contributed by atoms with Crippen LogP contribution in [0.4, 0.5) is 16.0 Å². The van der Waals surface area contributed by atoms with E-state index in [0.29, 0.717) is 28.5 Å². The van der Waals surface area contributed by atoms with Gasteiger partial charge < -0.3 is 5.32 Å². The first-order valence-electron chi connectivity index (χ1n) is 9.18. The van der Waals surface area contributed by atoms with E-state index in [1.165, 1.54) is 17.7 Å². The number of halogens is 1. The van der Waals surface area contributed by atoms with Crippen LogP contribution in [-0.4, -0.2) is 30.4 Å². The molecule has 144 valence electrons. The molecule has 4 aromatic rings. The van der Waals surface area contributed by atoms with Crippen molar-refractivity contribution in [2.24, 2.45) is 0 Å². The summed E-state index contributed by atoms with van der Waals surface area (Å²) in [4.78, 5) is 12.6. The third-order valence-corrected chi connectivity index (χ3v) is 5.09. The van der Waals surface area contributed by atoms with Crippen molar-refractivity contribution in [2.75, 3.05) is 5.32 Å². The third kappa shape index (κ3) is 2.78. The maximum absolute atomic E-state index is 13.5. The fourth-order valence-electron chi connectivity index (χ4n) is 3.61. The number of nitrogens with zero attached hydrogens (tertiary/aromatic N) is 5. The summed E-state index contributed by atoms with van der Waals surface area (Å²) in [7, 11) is 0. The Morgan fingerprint density at radius 1 is 1.10 bits per heavy atom. The fourth-order valence-corrected chi connectivity index (χ4v) is 3.61. The molecule has 0 radical (unpaired) electrons. The predicted octanol–water partition coefficient (Wildman–Crippen LogP) is 2.82. The minimum Gasteiger partial charge on any atom is -0.318 e. The molecule has 2 aromatic carbocycles. The summed E-state index contributed by atoms with van der Waals surface area (Å²) in [5, 5.41) is 21.7. The van der Waals surface area contributed by atoms with Crippen molar-refractivity contribution < 1.29 is 4.39 Å². The molecule has 0 amide bonds. The molecule has 0 spiro atoms. The van der Waals surface area contributed by atoms with Crippen molar-refractivity contribution in [2.45, 2.75) is 19.4 Å². The van der Waals surface area contributed by atoms with Gasteiger partial charge in [-0.05, 0) is 52.2 Å². The summed E-state index contributed by atoms with van der Waals surface area (Å²) in [6, 6.07) is 13.6. The Labute approximate surface area is 164 Å². The standard InChI is InChI=1S/C20H16FN7O/c1-2-11-3-5-13(6-4-11)18-15-16(12-7-9-14(21)10-8-12)23-24-19(29)17(15)22-20-25-26-27-28(18)20/h3-10,18H,2H2,1H3,(H,24,29)(H,22,25,27)/t18-/m1/s1. The lowest BCUT2D eigenvalue weighted by Crippen LogP contribution is -2.29. The van der Waals surface area contributed by atoms with Crippen molar-refractivity contribution in [3.05, 3.63) is 81.4 Å². The van der Waals surface area contributed by atoms with E-state index < -0.39 is 6.04 Å². The number of anilines is 2. The maximum Gasteiger partial charge on any atom is 0.288 e. The summed E-state index contributed by atoms with van der Waals surface area (Å²) in [5.41, 5.74) is 3.88. The maximum atomic E-state index is 13.5. The molecule has 2 aromatic heterocycles. The van der Waals surface area contributed by atoms with Gasteiger partial charge in [0.15, 0.2) is 0 Å². The first-order chi connectivity index (χ1) is 14.2. The number of rotatable bonds is 3. The quantitative estimate of drug-likeness (QED) is 0.492. The van der Waals surface area contributed by atoms with Crippen LogP contribution in [0.5, 0.6) is 0 Å². The second kappa shape index (κ2) is 6.62. The number of hydrogen-bond donors (Lipinski definition) is 2. The zero-order valence-electron chi connectivity index (χ0n) is 15.4. The lowest BCUT2D eigenvalue weighted by Gasteiger charge is -2.27. The van der Waals surface area contributed by atoms with Gasteiger partial charge in [-0.3, -0.25) is 4.79 Å². The molecule has 0 bridgehead atoms. The monoisotopic (exact) mass is 389 g/mol. The summed E-state index contributed by atoms with van der Waals surface area (Å²) < 4.78 is 15.1. The molecule has 1 aliphatic rings. The van der Waals surface area contributed by atoms with Crippen LogP contribution in [0.1, 0.15) is 29.7 Å². The van der Waals surface area contributed by atoms with Crippen molar-refractivity contribution >= 4 is 11.6 Å². The highest BCUT2D eigenvalue weighted by Crippen LogP contribution is 2.40. The Hall–Kier alpha value is -3.88. The minimum atomic E-state index is -0.461. The van der Waals surface area contributed by atoms with E-state index in [9.17, 15) is 9.18 Å². The molecular weight excluding hydrogens is 373 g/mol. The number of nitrogens with one attached hydrogen (secondary N) is 2. The van der Waals surface area contributed by atoms with Gasteiger partial charge in [-0.2, -0.15) is 9.78 Å². The molecular formula is C20H16FN7O. The Morgan fingerprint density at radius 3 is 2.59 bits per heavy atom. The highest BCUT2D eigenvalue weighted by molar-refractivity contribution is 5.75. The molecule has 2 N–H and O–H groups in total. The van der Waals surface area contributed by atoms with Gasteiger partial charge in [0.25, 0.3) is 5.56 Å². The van der Waals surface area contributed by atoms with Gasteiger partial charge in [-0.1, -0.05) is 36.3 Å². The van der Waals surface area contributed by atoms with Gasteiger partial charge in [-0.15, -0.1) is 0 Å². The van der Waals surface area contributed by atoms with Gasteiger partial charge in [0.2, 0.25) is 5.95 Å². The highest BCUT2D eigenvalue weighted by Gasteiger charge is 2.34. The molecule has 29 heavy (non-hydrogen) atoms. The summed E-state index contributed by atoms with van der Waals surface area (Å²) in [5.74, 6) is 0.0171. The Bertz CT molecular complexity index is 1250. The topological polar surface area (TPSA) is 101 Å². The van der Waals surface area contributed by atoms with Gasteiger partial charge in [0.1, 0.15) is 17.5 Å². The SMILES string of the molecule is CCc1ccc([C@@H]2c3c(-c4ccc(F)cc4)n[nH]c(=O)c3Nc3nnnn32)cc1. The van der Waals surface area contributed by atoms with E-state index in [1.54, 1.807) is 16.8 Å². The number of H-pyrrole nitrogens is 1. The van der Waals surface area contributed by atoms with Crippen LogP contribution >= 0.6 is 0 Å². The zero-order valence-corrected chi connectivity index (χ0v) is 15.4. The first kappa shape index (κ1) is 17.2. The normalized spacial score (nSPS) is 14.8. The van der Waals surface area contributed by atoms with E-state index in [2.05, 4.69) is 38.0 Å². The van der Waals surface area contributed by atoms with Crippen molar-refractivity contribution in [3.8, 4) is 11.3 Å². The van der Waals surface area contributed by atoms with Crippen LogP contribution in [-0.2, 0) is 6.42 Å². The van der Waals surface area contributed by atoms with Crippen LogP contribution in [0.3, 0.4) is 0 Å². The molecule has 9 heteroatoms. The highest BCUT2D eigenvalue weighted by atomic mass is 19.1. The molecule has 0 saturated carbocycles. The molecule has 0 fully saturated rings. The number of aryl methyl sites for hydroxylation is 1. The van der Waals surface area contributed by atoms with Crippen LogP contribution in [0, 0.1) is 5.82 Å². The lowest BCUT2D eigenvalue weighted by atomic mass is 9.92. The molecule has 0 unspecified atom stereocenters. The van der Waals surface area contributed by atoms with Gasteiger partial charge in [0.05, 0.1) is 5.69 Å². The van der Waals surface area contributed by atoms with Crippen molar-refractivity contribution in [1.82, 2.24) is 30.4 Å². The summed E-state index contributed by atoms with van der Waals surface area (Å²) in [6.45, 7) is 2.09. The van der Waals surface area contributed by atoms with Crippen LogP contribution < -0.4 is 10.9 Å². The summed E-state index contributed by atoms with van der Waals surface area (Å²) >= 11 is 0.